The first-order valence-corrected chi connectivity index (χ1v) is 15.0. The van der Waals surface area contributed by atoms with Gasteiger partial charge >= 0.3 is 0 Å². The van der Waals surface area contributed by atoms with Crippen LogP contribution in [-0.2, 0) is 0 Å². The van der Waals surface area contributed by atoms with Crippen LogP contribution < -0.4 is 0 Å². The molecule has 2 aromatic rings. The number of benzene rings is 1. The van der Waals surface area contributed by atoms with E-state index < -0.39 is 0 Å². The molecule has 2 fully saturated rings. The molecule has 1 aromatic heterocycles. The Kier molecular flexibility index (Phi) is 9.97. The second-order valence-corrected chi connectivity index (χ2v) is 11.8. The van der Waals surface area contributed by atoms with Crippen molar-refractivity contribution in [3.63, 3.8) is 0 Å². The molecule has 2 saturated carbocycles. The molecule has 0 unspecified atom stereocenters. The predicted octanol–water partition coefficient (Wildman–Crippen LogP) is 9.75. The number of aromatic nitrogens is 2. The van der Waals surface area contributed by atoms with Gasteiger partial charge in [-0.2, -0.15) is 5.26 Å². The number of nitriles is 1. The van der Waals surface area contributed by atoms with Crippen LogP contribution in [0.2, 0.25) is 0 Å². The molecule has 3 heteroatoms. The molecule has 36 heavy (non-hydrogen) atoms. The summed E-state index contributed by atoms with van der Waals surface area (Å²) in [6, 6.07) is 11.7. The van der Waals surface area contributed by atoms with E-state index in [-0.39, 0.29) is 5.41 Å². The van der Waals surface area contributed by atoms with Gasteiger partial charge in [-0.3, -0.25) is 0 Å². The van der Waals surface area contributed by atoms with Crippen LogP contribution in [0.3, 0.4) is 0 Å². The third-order valence-corrected chi connectivity index (χ3v) is 9.28. The van der Waals surface area contributed by atoms with Gasteiger partial charge in [0.1, 0.15) is 0 Å². The Morgan fingerprint density at radius 3 is 2.03 bits per heavy atom. The van der Waals surface area contributed by atoms with Crippen LogP contribution in [-0.4, -0.2) is 9.97 Å². The first-order chi connectivity index (χ1) is 17.7. The van der Waals surface area contributed by atoms with Crippen LogP contribution in [0.5, 0.6) is 0 Å². The Morgan fingerprint density at radius 2 is 1.42 bits per heavy atom. The zero-order valence-electron chi connectivity index (χ0n) is 22.9. The van der Waals surface area contributed by atoms with Crippen LogP contribution in [0.25, 0.3) is 11.4 Å². The quantitative estimate of drug-likeness (QED) is 0.298. The second-order valence-electron chi connectivity index (χ2n) is 11.8. The summed E-state index contributed by atoms with van der Waals surface area (Å²) in [4.78, 5) is 9.52. The van der Waals surface area contributed by atoms with E-state index in [1.807, 2.05) is 0 Å². The van der Waals surface area contributed by atoms with Crippen molar-refractivity contribution in [3.05, 3.63) is 47.8 Å². The van der Waals surface area contributed by atoms with E-state index in [0.717, 1.165) is 49.4 Å². The highest BCUT2D eigenvalue weighted by molar-refractivity contribution is 5.55. The van der Waals surface area contributed by atoms with Crippen molar-refractivity contribution in [2.75, 3.05) is 0 Å². The molecular weight excluding hydrogens is 438 g/mol. The van der Waals surface area contributed by atoms with Crippen molar-refractivity contribution < 1.29 is 0 Å². The molecule has 0 saturated heterocycles. The molecule has 194 valence electrons. The molecule has 0 spiro atoms. The van der Waals surface area contributed by atoms with E-state index in [1.165, 1.54) is 81.8 Å². The average Bonchev–Trinajstić information content (AvgIpc) is 2.95. The minimum absolute atomic E-state index is 0.0749. The topological polar surface area (TPSA) is 49.6 Å². The first kappa shape index (κ1) is 26.8. The van der Waals surface area contributed by atoms with Crippen molar-refractivity contribution in [2.45, 2.75) is 128 Å². The molecule has 0 bridgehead atoms. The summed E-state index contributed by atoms with van der Waals surface area (Å²) in [5.41, 5.74) is 3.76. The summed E-state index contributed by atoms with van der Waals surface area (Å²) in [7, 11) is 0. The molecule has 4 rings (SSSR count). The lowest BCUT2D eigenvalue weighted by atomic mass is 9.67. The van der Waals surface area contributed by atoms with Gasteiger partial charge in [0.15, 0.2) is 5.82 Å². The molecule has 0 N–H and O–H groups in total. The van der Waals surface area contributed by atoms with Gasteiger partial charge in [0.05, 0.1) is 11.5 Å². The normalized spacial score (nSPS) is 26.4. The zero-order chi connectivity index (χ0) is 25.2. The molecule has 0 amide bonds. The van der Waals surface area contributed by atoms with Crippen molar-refractivity contribution in [1.82, 2.24) is 9.97 Å². The van der Waals surface area contributed by atoms with E-state index in [9.17, 15) is 5.26 Å². The zero-order valence-corrected chi connectivity index (χ0v) is 22.9. The van der Waals surface area contributed by atoms with Crippen molar-refractivity contribution >= 4 is 0 Å². The second kappa shape index (κ2) is 13.4. The molecule has 0 aliphatic heterocycles. The minimum Gasteiger partial charge on any atom is -0.236 e. The molecule has 1 heterocycles. The Hall–Kier alpha value is -2.21. The monoisotopic (exact) mass is 485 g/mol. The lowest BCUT2D eigenvalue weighted by Crippen LogP contribution is -2.25. The molecule has 2 aliphatic carbocycles. The fourth-order valence-corrected chi connectivity index (χ4v) is 6.69. The van der Waals surface area contributed by atoms with Gasteiger partial charge in [-0.05, 0) is 86.7 Å². The van der Waals surface area contributed by atoms with Crippen LogP contribution in [0.15, 0.2) is 36.7 Å². The van der Waals surface area contributed by atoms with E-state index in [2.05, 4.69) is 56.6 Å². The van der Waals surface area contributed by atoms with Crippen LogP contribution in [0.1, 0.15) is 140 Å². The predicted molar refractivity (Wildman–Crippen MR) is 150 cm³/mol. The largest absolute Gasteiger partial charge is 0.236 e. The molecule has 1 aromatic carbocycles. The molecule has 2 aliphatic rings. The number of nitrogens with zero attached hydrogens (tertiary/aromatic N) is 3. The maximum atomic E-state index is 9.90. The summed E-state index contributed by atoms with van der Waals surface area (Å²) < 4.78 is 0. The van der Waals surface area contributed by atoms with Gasteiger partial charge in [-0.25, -0.2) is 9.97 Å². The fraction of sp³-hybridized carbons (Fsp3) is 0.667. The highest BCUT2D eigenvalue weighted by Gasteiger charge is 2.35. The Labute approximate surface area is 220 Å². The maximum Gasteiger partial charge on any atom is 0.159 e. The third kappa shape index (κ3) is 6.96. The minimum atomic E-state index is -0.0749. The van der Waals surface area contributed by atoms with E-state index >= 15 is 0 Å². The summed E-state index contributed by atoms with van der Waals surface area (Å²) >= 11 is 0. The number of hydrogen-bond acceptors (Lipinski definition) is 3. The lowest BCUT2D eigenvalue weighted by Gasteiger charge is -2.35. The smallest absolute Gasteiger partial charge is 0.159 e. The van der Waals surface area contributed by atoms with Crippen molar-refractivity contribution in [3.8, 4) is 17.5 Å². The van der Waals surface area contributed by atoms with Gasteiger partial charge in [0.25, 0.3) is 0 Å². The van der Waals surface area contributed by atoms with Gasteiger partial charge in [0, 0.05) is 18.0 Å². The highest BCUT2D eigenvalue weighted by atomic mass is 14.9. The van der Waals surface area contributed by atoms with Crippen LogP contribution in [0, 0.1) is 22.7 Å². The summed E-state index contributed by atoms with van der Waals surface area (Å²) in [5.74, 6) is 2.98. The summed E-state index contributed by atoms with van der Waals surface area (Å²) in [6.45, 7) is 4.54. The summed E-state index contributed by atoms with van der Waals surface area (Å²) in [6.07, 6.45) is 24.1. The van der Waals surface area contributed by atoms with Crippen molar-refractivity contribution in [2.24, 2.45) is 11.3 Å². The fourth-order valence-electron chi connectivity index (χ4n) is 6.69. The Morgan fingerprint density at radius 1 is 0.778 bits per heavy atom. The van der Waals surface area contributed by atoms with E-state index in [1.54, 1.807) is 0 Å². The highest BCUT2D eigenvalue weighted by Crippen LogP contribution is 2.46. The van der Waals surface area contributed by atoms with Gasteiger partial charge in [-0.1, -0.05) is 83.1 Å². The van der Waals surface area contributed by atoms with Crippen LogP contribution >= 0.6 is 0 Å². The number of hydrogen-bond donors (Lipinski definition) is 0. The first-order valence-electron chi connectivity index (χ1n) is 15.0. The lowest BCUT2D eigenvalue weighted by molar-refractivity contribution is 0.223. The number of unbranched alkanes of at least 4 members (excludes halogenated alkanes) is 4. The van der Waals surface area contributed by atoms with Gasteiger partial charge in [-0.15, -0.1) is 0 Å². The number of rotatable bonds is 11. The van der Waals surface area contributed by atoms with Gasteiger partial charge < -0.3 is 0 Å². The average molecular weight is 486 g/mol. The molecule has 0 atom stereocenters. The van der Waals surface area contributed by atoms with E-state index in [0.29, 0.717) is 11.8 Å². The van der Waals surface area contributed by atoms with Crippen LogP contribution in [0.4, 0.5) is 0 Å². The van der Waals surface area contributed by atoms with Gasteiger partial charge in [0.2, 0.25) is 0 Å². The molecule has 3 nitrogen and oxygen atoms in total. The maximum absolute atomic E-state index is 9.90. The Balaban J connectivity index is 1.29. The van der Waals surface area contributed by atoms with Crippen molar-refractivity contribution in [1.29, 1.82) is 5.26 Å². The molecular formula is C33H47N3. The Bertz CT molecular complexity index is 940. The summed E-state index contributed by atoms with van der Waals surface area (Å²) in [5, 5.41) is 9.90. The standard InChI is InChI=1S/C33H47N3/c1-3-5-7-8-20-33(25-34)21-18-29(19-22-33)27-14-16-30(17-15-27)32-35-23-31(24-36-32)28-12-10-26(11-13-28)9-6-4-2/h14-17,23-24,26,28-29H,3-13,18-22H2,1-2H3. The van der Waals surface area contributed by atoms with E-state index in [4.69, 9.17) is 9.97 Å². The molecule has 0 radical (unpaired) electrons. The third-order valence-electron chi connectivity index (χ3n) is 9.28. The SMILES string of the molecule is CCCCCCC1(C#N)CCC(c2ccc(-c3ncc(C4CCC(CCCC)CC4)cn3)cc2)CC1.